The summed E-state index contributed by atoms with van der Waals surface area (Å²) in [7, 11) is 0. The molecule has 2 aliphatic carbocycles. The Kier molecular flexibility index (Phi) is 1.91. The molecule has 0 amide bonds. The first kappa shape index (κ1) is 8.97. The number of ether oxygens (including phenoxy) is 3. The maximum Gasteiger partial charge on any atom is 0.110 e. The van der Waals surface area contributed by atoms with Gasteiger partial charge in [-0.05, 0) is 38.5 Å². The summed E-state index contributed by atoms with van der Waals surface area (Å²) in [6, 6.07) is 0. The van der Waals surface area contributed by atoms with Gasteiger partial charge in [-0.3, -0.25) is 0 Å². The number of epoxide rings is 2. The fraction of sp³-hybridized carbons (Fsp3) is 1.00. The summed E-state index contributed by atoms with van der Waals surface area (Å²) in [6.07, 6.45) is 10.1. The maximum atomic E-state index is 6.19. The predicted molar refractivity (Wildman–Crippen MR) is 53.7 cm³/mol. The van der Waals surface area contributed by atoms with Gasteiger partial charge in [-0.15, -0.1) is 0 Å². The summed E-state index contributed by atoms with van der Waals surface area (Å²) in [6.45, 7) is 0. The Hall–Kier alpha value is -0.120. The lowest BCUT2D eigenvalue weighted by Gasteiger charge is -2.26. The van der Waals surface area contributed by atoms with Gasteiger partial charge in [0.05, 0.1) is 24.4 Å². The van der Waals surface area contributed by atoms with Crippen molar-refractivity contribution in [2.75, 3.05) is 0 Å². The van der Waals surface area contributed by atoms with Gasteiger partial charge in [-0.2, -0.15) is 0 Å². The van der Waals surface area contributed by atoms with Crippen molar-refractivity contribution in [3.8, 4) is 0 Å². The summed E-state index contributed by atoms with van der Waals surface area (Å²) in [4.78, 5) is 0. The molecule has 3 heteroatoms. The minimum Gasteiger partial charge on any atom is -0.369 e. The zero-order valence-corrected chi connectivity index (χ0v) is 8.93. The molecular weight excluding hydrogens is 192 g/mol. The van der Waals surface area contributed by atoms with Gasteiger partial charge in [-0.1, -0.05) is 0 Å². The molecule has 2 heterocycles. The van der Waals surface area contributed by atoms with Gasteiger partial charge in [0, 0.05) is 0 Å². The molecule has 0 N–H and O–H groups in total. The molecule has 2 saturated heterocycles. The molecule has 0 aromatic carbocycles. The van der Waals surface area contributed by atoms with Crippen LogP contribution in [0.15, 0.2) is 0 Å². The van der Waals surface area contributed by atoms with Crippen molar-refractivity contribution in [2.24, 2.45) is 0 Å². The van der Waals surface area contributed by atoms with Crippen molar-refractivity contribution in [3.05, 3.63) is 0 Å². The molecule has 2 aliphatic heterocycles. The van der Waals surface area contributed by atoms with E-state index in [1.807, 2.05) is 0 Å². The van der Waals surface area contributed by atoms with Crippen molar-refractivity contribution in [2.45, 2.75) is 75.1 Å². The Morgan fingerprint density at radius 1 is 0.733 bits per heavy atom. The van der Waals surface area contributed by atoms with E-state index in [-0.39, 0.29) is 0 Å². The van der Waals surface area contributed by atoms with Crippen LogP contribution < -0.4 is 0 Å². The Labute approximate surface area is 90.1 Å². The van der Waals surface area contributed by atoms with Gasteiger partial charge in [-0.25, -0.2) is 0 Å². The molecule has 0 radical (unpaired) electrons. The average Bonchev–Trinajstić information content (AvgIpc) is 3.12. The van der Waals surface area contributed by atoms with E-state index in [0.717, 1.165) is 0 Å². The van der Waals surface area contributed by atoms with Crippen LogP contribution in [0.5, 0.6) is 0 Å². The van der Waals surface area contributed by atoms with Crippen molar-refractivity contribution in [1.82, 2.24) is 0 Å². The molecule has 6 unspecified atom stereocenters. The Bertz CT molecular complexity index is 242. The highest BCUT2D eigenvalue weighted by atomic mass is 16.6. The first-order valence-electron chi connectivity index (χ1n) is 6.38. The molecule has 4 aliphatic rings. The smallest absolute Gasteiger partial charge is 0.110 e. The summed E-state index contributed by atoms with van der Waals surface area (Å²) in [5, 5.41) is 0. The van der Waals surface area contributed by atoms with Crippen LogP contribution in [0.25, 0.3) is 0 Å². The molecule has 4 fully saturated rings. The standard InChI is InChI=1S/C12H18O3/c1-3-7(11-9(5-1)14-11)13-8-4-2-6-10-12(8)15-10/h7-12H,1-6H2. The van der Waals surface area contributed by atoms with Crippen LogP contribution in [0.3, 0.4) is 0 Å². The SMILES string of the molecule is C1CC(OC2CCCC3OC23)C2OC2C1. The predicted octanol–water partition coefficient (Wildman–Crippen LogP) is 1.64. The lowest BCUT2D eigenvalue weighted by molar-refractivity contribution is -0.0495. The molecule has 84 valence electrons. The minimum absolute atomic E-state index is 0.372. The molecule has 15 heavy (non-hydrogen) atoms. The topological polar surface area (TPSA) is 34.3 Å². The Morgan fingerprint density at radius 3 is 1.80 bits per heavy atom. The summed E-state index contributed by atoms with van der Waals surface area (Å²) >= 11 is 0. The molecular formula is C12H18O3. The Balaban J connectivity index is 1.38. The van der Waals surface area contributed by atoms with Gasteiger partial charge in [0.2, 0.25) is 0 Å². The lowest BCUT2D eigenvalue weighted by atomic mass is 9.95. The third-order valence-corrected chi connectivity index (χ3v) is 4.28. The first-order valence-corrected chi connectivity index (χ1v) is 6.38. The summed E-state index contributed by atoms with van der Waals surface area (Å²) in [5.41, 5.74) is 0. The van der Waals surface area contributed by atoms with E-state index in [1.54, 1.807) is 0 Å². The summed E-state index contributed by atoms with van der Waals surface area (Å²) in [5.74, 6) is 0. The van der Waals surface area contributed by atoms with Crippen LogP contribution in [0.2, 0.25) is 0 Å². The lowest BCUT2D eigenvalue weighted by Crippen LogP contribution is -2.34. The summed E-state index contributed by atoms with van der Waals surface area (Å²) < 4.78 is 17.4. The minimum atomic E-state index is 0.372. The highest BCUT2D eigenvalue weighted by Crippen LogP contribution is 2.43. The highest BCUT2D eigenvalue weighted by molar-refractivity contribution is 5.00. The normalized spacial score (nSPS) is 56.8. The van der Waals surface area contributed by atoms with Gasteiger partial charge >= 0.3 is 0 Å². The van der Waals surface area contributed by atoms with Crippen LogP contribution in [-0.2, 0) is 14.2 Å². The first-order chi connectivity index (χ1) is 7.42. The van der Waals surface area contributed by atoms with E-state index in [9.17, 15) is 0 Å². The van der Waals surface area contributed by atoms with Gasteiger partial charge < -0.3 is 14.2 Å². The number of rotatable bonds is 2. The molecule has 0 aromatic rings. The third-order valence-electron chi connectivity index (χ3n) is 4.28. The van der Waals surface area contributed by atoms with E-state index >= 15 is 0 Å². The monoisotopic (exact) mass is 210 g/mol. The van der Waals surface area contributed by atoms with Crippen molar-refractivity contribution >= 4 is 0 Å². The molecule has 2 saturated carbocycles. The van der Waals surface area contributed by atoms with Crippen molar-refractivity contribution in [1.29, 1.82) is 0 Å². The molecule has 0 spiro atoms. The van der Waals surface area contributed by atoms with Crippen LogP contribution in [0.4, 0.5) is 0 Å². The van der Waals surface area contributed by atoms with Crippen LogP contribution in [0.1, 0.15) is 38.5 Å². The number of fused-ring (bicyclic) bond motifs is 2. The largest absolute Gasteiger partial charge is 0.369 e. The second-order valence-electron chi connectivity index (χ2n) is 5.35. The number of hydrogen-bond donors (Lipinski definition) is 0. The van der Waals surface area contributed by atoms with Crippen LogP contribution >= 0.6 is 0 Å². The van der Waals surface area contributed by atoms with Crippen LogP contribution in [0, 0.1) is 0 Å². The van der Waals surface area contributed by atoms with Gasteiger partial charge in [0.15, 0.2) is 0 Å². The zero-order chi connectivity index (χ0) is 9.83. The van der Waals surface area contributed by atoms with E-state index in [4.69, 9.17) is 14.2 Å². The van der Waals surface area contributed by atoms with Crippen molar-refractivity contribution < 1.29 is 14.2 Å². The second kappa shape index (κ2) is 3.19. The van der Waals surface area contributed by atoms with E-state index in [1.165, 1.54) is 38.5 Å². The third kappa shape index (κ3) is 1.52. The number of hydrogen-bond acceptors (Lipinski definition) is 3. The molecule has 6 atom stereocenters. The van der Waals surface area contributed by atoms with Gasteiger partial charge in [0.25, 0.3) is 0 Å². The van der Waals surface area contributed by atoms with Crippen molar-refractivity contribution in [3.63, 3.8) is 0 Å². The molecule has 0 aromatic heterocycles. The fourth-order valence-corrected chi connectivity index (χ4v) is 3.32. The highest BCUT2D eigenvalue weighted by Gasteiger charge is 2.52. The van der Waals surface area contributed by atoms with E-state index < -0.39 is 0 Å². The second-order valence-corrected chi connectivity index (χ2v) is 5.35. The molecule has 0 bridgehead atoms. The molecule has 3 nitrogen and oxygen atoms in total. The molecule has 4 rings (SSSR count). The van der Waals surface area contributed by atoms with Gasteiger partial charge in [0.1, 0.15) is 12.2 Å². The Morgan fingerprint density at radius 2 is 1.27 bits per heavy atom. The van der Waals surface area contributed by atoms with E-state index in [2.05, 4.69) is 0 Å². The maximum absolute atomic E-state index is 6.19. The quantitative estimate of drug-likeness (QED) is 0.650. The average molecular weight is 210 g/mol. The van der Waals surface area contributed by atoms with E-state index in [0.29, 0.717) is 36.6 Å². The van der Waals surface area contributed by atoms with Crippen LogP contribution in [-0.4, -0.2) is 36.6 Å². The fourth-order valence-electron chi connectivity index (χ4n) is 3.32. The zero-order valence-electron chi connectivity index (χ0n) is 8.93.